The van der Waals surface area contributed by atoms with Crippen molar-refractivity contribution in [3.63, 3.8) is 0 Å². The standard InChI is InChI=1S/C22H26N2O2S/c1-23-11-12-24(22(26)18-4-2-5-18)15-19(21(23)25)14-16-7-9-17(10-8-16)20-6-3-13-27-20/h3,6-10,13,18-19H,2,4-5,11-12,14-15H2,1H3. The fourth-order valence-corrected chi connectivity index (χ4v) is 4.66. The number of thiophene rings is 1. The molecule has 1 aromatic heterocycles. The number of hydrogen-bond acceptors (Lipinski definition) is 3. The maximum absolute atomic E-state index is 12.8. The average molecular weight is 383 g/mol. The number of benzene rings is 1. The van der Waals surface area contributed by atoms with Gasteiger partial charge in [0, 0.05) is 37.5 Å². The largest absolute Gasteiger partial charge is 0.344 e. The molecule has 1 aromatic carbocycles. The first-order valence-electron chi connectivity index (χ1n) is 9.78. The molecule has 1 atom stereocenters. The molecule has 1 saturated carbocycles. The lowest BCUT2D eigenvalue weighted by molar-refractivity contribution is -0.138. The Balaban J connectivity index is 1.47. The number of carbonyl (C=O) groups excluding carboxylic acids is 2. The molecule has 1 saturated heterocycles. The van der Waals surface area contributed by atoms with Gasteiger partial charge in [-0.25, -0.2) is 0 Å². The maximum atomic E-state index is 12.8. The molecular weight excluding hydrogens is 356 g/mol. The predicted molar refractivity (Wildman–Crippen MR) is 109 cm³/mol. The number of amides is 2. The van der Waals surface area contributed by atoms with E-state index in [-0.39, 0.29) is 23.7 Å². The van der Waals surface area contributed by atoms with Gasteiger partial charge in [-0.05, 0) is 41.8 Å². The van der Waals surface area contributed by atoms with Crippen molar-refractivity contribution in [2.24, 2.45) is 11.8 Å². The third kappa shape index (κ3) is 3.93. The molecule has 2 aromatic rings. The summed E-state index contributed by atoms with van der Waals surface area (Å²) in [5, 5.41) is 2.08. The van der Waals surface area contributed by atoms with Gasteiger partial charge < -0.3 is 9.80 Å². The summed E-state index contributed by atoms with van der Waals surface area (Å²) in [6.45, 7) is 1.84. The summed E-state index contributed by atoms with van der Waals surface area (Å²) in [6.07, 6.45) is 3.85. The monoisotopic (exact) mass is 382 g/mol. The van der Waals surface area contributed by atoms with Crippen molar-refractivity contribution in [2.75, 3.05) is 26.7 Å². The van der Waals surface area contributed by atoms with Gasteiger partial charge in [0.2, 0.25) is 11.8 Å². The highest BCUT2D eigenvalue weighted by molar-refractivity contribution is 7.13. The van der Waals surface area contributed by atoms with Gasteiger partial charge in [-0.3, -0.25) is 9.59 Å². The molecule has 1 unspecified atom stereocenters. The van der Waals surface area contributed by atoms with Gasteiger partial charge in [0.25, 0.3) is 0 Å². The second kappa shape index (κ2) is 7.85. The Morgan fingerprint density at radius 3 is 2.56 bits per heavy atom. The first kappa shape index (κ1) is 18.2. The van der Waals surface area contributed by atoms with Gasteiger partial charge in [0.15, 0.2) is 0 Å². The second-order valence-electron chi connectivity index (χ2n) is 7.75. The molecule has 0 bridgehead atoms. The average Bonchev–Trinajstić information content (AvgIpc) is 3.12. The first-order valence-corrected chi connectivity index (χ1v) is 10.7. The van der Waals surface area contributed by atoms with Crippen LogP contribution in [0.5, 0.6) is 0 Å². The Kier molecular flexibility index (Phi) is 5.30. The summed E-state index contributed by atoms with van der Waals surface area (Å²) in [5.41, 5.74) is 2.36. The number of nitrogens with zero attached hydrogens (tertiary/aromatic N) is 2. The molecule has 4 rings (SSSR count). The second-order valence-corrected chi connectivity index (χ2v) is 8.69. The Labute approximate surface area is 164 Å². The van der Waals surface area contributed by atoms with Crippen LogP contribution in [0.25, 0.3) is 10.4 Å². The van der Waals surface area contributed by atoms with E-state index < -0.39 is 0 Å². The SMILES string of the molecule is CN1CCN(C(=O)C2CCC2)CC(Cc2ccc(-c3cccs3)cc2)C1=O. The Bertz CT molecular complexity index is 796. The minimum Gasteiger partial charge on any atom is -0.344 e. The summed E-state index contributed by atoms with van der Waals surface area (Å²) in [5.74, 6) is 0.437. The van der Waals surface area contributed by atoms with E-state index in [0.29, 0.717) is 26.1 Å². The van der Waals surface area contributed by atoms with Gasteiger partial charge in [-0.2, -0.15) is 0 Å². The maximum Gasteiger partial charge on any atom is 0.227 e. The number of likely N-dealkylation sites (N-methyl/N-ethyl adjacent to an activating group) is 1. The molecular formula is C22H26N2O2S. The fourth-order valence-electron chi connectivity index (χ4n) is 3.93. The van der Waals surface area contributed by atoms with Crippen LogP contribution < -0.4 is 0 Å². The van der Waals surface area contributed by atoms with Crippen LogP contribution in [0.1, 0.15) is 24.8 Å². The Morgan fingerprint density at radius 2 is 1.93 bits per heavy atom. The van der Waals surface area contributed by atoms with E-state index in [1.165, 1.54) is 10.4 Å². The zero-order valence-electron chi connectivity index (χ0n) is 15.8. The third-order valence-corrected chi connectivity index (χ3v) is 6.80. The van der Waals surface area contributed by atoms with Crippen LogP contribution in [0.2, 0.25) is 0 Å². The van der Waals surface area contributed by atoms with Crippen LogP contribution in [0.4, 0.5) is 0 Å². The normalized spacial score (nSPS) is 21.1. The summed E-state index contributed by atoms with van der Waals surface area (Å²) in [7, 11) is 1.85. The smallest absolute Gasteiger partial charge is 0.227 e. The van der Waals surface area contributed by atoms with Crippen LogP contribution in [0, 0.1) is 11.8 Å². The van der Waals surface area contributed by atoms with Crippen molar-refractivity contribution < 1.29 is 9.59 Å². The number of rotatable bonds is 4. The van der Waals surface area contributed by atoms with E-state index in [4.69, 9.17) is 0 Å². The molecule has 2 heterocycles. The van der Waals surface area contributed by atoms with Crippen molar-refractivity contribution >= 4 is 23.2 Å². The lowest BCUT2D eigenvalue weighted by Gasteiger charge is -2.31. The molecule has 142 valence electrons. The molecule has 0 radical (unpaired) electrons. The summed E-state index contributed by atoms with van der Waals surface area (Å²) in [4.78, 5) is 30.5. The molecule has 2 fully saturated rings. The Morgan fingerprint density at radius 1 is 1.15 bits per heavy atom. The predicted octanol–water partition coefficient (Wildman–Crippen LogP) is 3.67. The highest BCUT2D eigenvalue weighted by Crippen LogP contribution is 2.30. The van der Waals surface area contributed by atoms with Crippen LogP contribution in [0.15, 0.2) is 41.8 Å². The number of hydrogen-bond donors (Lipinski definition) is 0. The van der Waals surface area contributed by atoms with E-state index in [9.17, 15) is 9.59 Å². The van der Waals surface area contributed by atoms with Crippen molar-refractivity contribution in [1.82, 2.24) is 9.80 Å². The van der Waals surface area contributed by atoms with Crippen molar-refractivity contribution in [3.05, 3.63) is 47.3 Å². The highest BCUT2D eigenvalue weighted by atomic mass is 32.1. The van der Waals surface area contributed by atoms with E-state index in [0.717, 1.165) is 24.8 Å². The highest BCUT2D eigenvalue weighted by Gasteiger charge is 2.35. The molecule has 2 aliphatic rings. The quantitative estimate of drug-likeness (QED) is 0.809. The van der Waals surface area contributed by atoms with Gasteiger partial charge >= 0.3 is 0 Å². The van der Waals surface area contributed by atoms with Gasteiger partial charge in [-0.15, -0.1) is 11.3 Å². The lowest BCUT2D eigenvalue weighted by atomic mass is 9.84. The van der Waals surface area contributed by atoms with Gasteiger partial charge in [-0.1, -0.05) is 36.8 Å². The minimum absolute atomic E-state index is 0.154. The van der Waals surface area contributed by atoms with E-state index >= 15 is 0 Å². The summed E-state index contributed by atoms with van der Waals surface area (Å²) in [6, 6.07) is 12.7. The molecule has 0 spiro atoms. The van der Waals surface area contributed by atoms with Gasteiger partial charge in [0.1, 0.15) is 0 Å². The lowest BCUT2D eigenvalue weighted by Crippen LogP contribution is -2.42. The molecule has 4 nitrogen and oxygen atoms in total. The van der Waals surface area contributed by atoms with E-state index in [1.54, 1.807) is 16.2 Å². The number of carbonyl (C=O) groups is 2. The summed E-state index contributed by atoms with van der Waals surface area (Å²) < 4.78 is 0. The minimum atomic E-state index is -0.158. The van der Waals surface area contributed by atoms with Crippen LogP contribution in [0.3, 0.4) is 0 Å². The third-order valence-electron chi connectivity index (χ3n) is 5.88. The zero-order chi connectivity index (χ0) is 18.8. The molecule has 5 heteroatoms. The van der Waals surface area contributed by atoms with Crippen molar-refractivity contribution in [3.8, 4) is 10.4 Å². The van der Waals surface area contributed by atoms with Crippen LogP contribution in [-0.4, -0.2) is 48.3 Å². The Hall–Kier alpha value is -2.14. The van der Waals surface area contributed by atoms with E-state index in [1.807, 2.05) is 11.9 Å². The van der Waals surface area contributed by atoms with Gasteiger partial charge in [0.05, 0.1) is 5.92 Å². The molecule has 1 aliphatic carbocycles. The topological polar surface area (TPSA) is 40.6 Å². The fraction of sp³-hybridized carbons (Fsp3) is 0.455. The molecule has 1 aliphatic heterocycles. The van der Waals surface area contributed by atoms with Crippen LogP contribution in [-0.2, 0) is 16.0 Å². The molecule has 0 N–H and O–H groups in total. The van der Waals surface area contributed by atoms with Crippen molar-refractivity contribution in [1.29, 1.82) is 0 Å². The van der Waals surface area contributed by atoms with Crippen LogP contribution >= 0.6 is 11.3 Å². The summed E-state index contributed by atoms with van der Waals surface area (Å²) >= 11 is 1.73. The molecule has 27 heavy (non-hydrogen) atoms. The molecule has 2 amide bonds. The first-order chi connectivity index (χ1) is 13.1. The van der Waals surface area contributed by atoms with E-state index in [2.05, 4.69) is 41.8 Å². The van der Waals surface area contributed by atoms with Crippen molar-refractivity contribution in [2.45, 2.75) is 25.7 Å². The zero-order valence-corrected chi connectivity index (χ0v) is 16.6.